The van der Waals surface area contributed by atoms with Crippen LogP contribution in [0.5, 0.6) is 0 Å². The maximum atomic E-state index is 12.9. The van der Waals surface area contributed by atoms with Gasteiger partial charge in [0.1, 0.15) is 5.82 Å². The van der Waals surface area contributed by atoms with Gasteiger partial charge in [-0.2, -0.15) is 0 Å². The van der Waals surface area contributed by atoms with Gasteiger partial charge in [0, 0.05) is 43.5 Å². The molecule has 0 bridgehead atoms. The van der Waals surface area contributed by atoms with Crippen LogP contribution in [0, 0.1) is 5.82 Å². The minimum Gasteiger partial charge on any atom is -0.368 e. The Morgan fingerprint density at radius 3 is 2.32 bits per heavy atom. The number of nitrogens with zero attached hydrogens (tertiary/aromatic N) is 2. The Kier molecular flexibility index (Phi) is 7.76. The highest BCUT2D eigenvalue weighted by molar-refractivity contribution is 7.99. The highest BCUT2D eigenvalue weighted by atomic mass is 35.5. The third-order valence-corrected chi connectivity index (χ3v) is 4.74. The lowest BCUT2D eigenvalue weighted by Crippen LogP contribution is -2.53. The van der Waals surface area contributed by atoms with Crippen LogP contribution in [-0.4, -0.2) is 54.7 Å². The van der Waals surface area contributed by atoms with Crippen molar-refractivity contribution in [1.29, 1.82) is 0 Å². The van der Waals surface area contributed by atoms with Crippen molar-refractivity contribution >= 4 is 48.2 Å². The van der Waals surface area contributed by atoms with Crippen LogP contribution < -0.4 is 10.2 Å². The summed E-state index contributed by atoms with van der Waals surface area (Å²) in [7, 11) is 0. The van der Waals surface area contributed by atoms with E-state index in [1.165, 1.54) is 12.1 Å². The topological polar surface area (TPSA) is 35.6 Å². The summed E-state index contributed by atoms with van der Waals surface area (Å²) in [5, 5.41) is 3.22. The molecule has 2 saturated heterocycles. The van der Waals surface area contributed by atoms with Crippen molar-refractivity contribution < 1.29 is 9.18 Å². The molecule has 1 aromatic rings. The Hall–Kier alpha value is -0.690. The maximum absolute atomic E-state index is 12.9. The molecule has 0 radical (unpaired) electrons. The highest BCUT2D eigenvalue weighted by Crippen LogP contribution is 2.18. The fraction of sp³-hybridized carbons (Fsp3) is 0.500. The number of hydrogen-bond donors (Lipinski definition) is 1. The van der Waals surface area contributed by atoms with Gasteiger partial charge in [-0.1, -0.05) is 0 Å². The number of nitrogens with one attached hydrogen (secondary N) is 1. The number of halogens is 3. The largest absolute Gasteiger partial charge is 0.368 e. The van der Waals surface area contributed by atoms with Crippen LogP contribution in [-0.2, 0) is 4.79 Å². The van der Waals surface area contributed by atoms with Gasteiger partial charge in [0.05, 0.1) is 6.04 Å². The molecule has 1 aromatic carbocycles. The molecule has 2 aliphatic rings. The van der Waals surface area contributed by atoms with Crippen molar-refractivity contribution in [3.8, 4) is 0 Å². The Morgan fingerprint density at radius 2 is 1.77 bits per heavy atom. The van der Waals surface area contributed by atoms with E-state index in [9.17, 15) is 9.18 Å². The first kappa shape index (κ1) is 19.4. The van der Waals surface area contributed by atoms with Crippen LogP contribution in [0.1, 0.15) is 0 Å². The minimum absolute atomic E-state index is 0. The number of thioether (sulfide) groups is 1. The van der Waals surface area contributed by atoms with E-state index in [1.807, 2.05) is 4.90 Å². The number of carbonyl (C=O) groups is 1. The predicted octanol–water partition coefficient (Wildman–Crippen LogP) is 1.98. The summed E-state index contributed by atoms with van der Waals surface area (Å²) in [5.74, 6) is 1.74. The second-order valence-electron chi connectivity index (χ2n) is 5.06. The summed E-state index contributed by atoms with van der Waals surface area (Å²) in [4.78, 5) is 16.4. The van der Waals surface area contributed by atoms with E-state index in [2.05, 4.69) is 10.2 Å². The van der Waals surface area contributed by atoms with Crippen LogP contribution in [0.25, 0.3) is 0 Å². The van der Waals surface area contributed by atoms with Gasteiger partial charge in [-0.05, 0) is 24.3 Å². The van der Waals surface area contributed by atoms with Crippen molar-refractivity contribution in [2.45, 2.75) is 6.04 Å². The van der Waals surface area contributed by atoms with Crippen molar-refractivity contribution in [2.24, 2.45) is 0 Å². The van der Waals surface area contributed by atoms with Crippen LogP contribution in [0.2, 0.25) is 0 Å². The number of carbonyl (C=O) groups excluding carboxylic acids is 1. The molecule has 0 aliphatic carbocycles. The summed E-state index contributed by atoms with van der Waals surface area (Å²) >= 11 is 1.77. The minimum atomic E-state index is -0.215. The van der Waals surface area contributed by atoms with E-state index < -0.39 is 0 Å². The number of anilines is 1. The Labute approximate surface area is 146 Å². The molecule has 124 valence electrons. The molecular formula is C14H20Cl2FN3OS. The summed E-state index contributed by atoms with van der Waals surface area (Å²) in [6.45, 7) is 3.08. The molecule has 1 atom stereocenters. The Balaban J connectivity index is 0.00000121. The molecule has 8 heteroatoms. The van der Waals surface area contributed by atoms with Gasteiger partial charge < -0.3 is 9.80 Å². The van der Waals surface area contributed by atoms with Gasteiger partial charge in [0.15, 0.2) is 0 Å². The van der Waals surface area contributed by atoms with Crippen LogP contribution in [0.15, 0.2) is 24.3 Å². The number of amides is 1. The molecular weight excluding hydrogens is 348 g/mol. The molecule has 1 amide bonds. The summed E-state index contributed by atoms with van der Waals surface area (Å²) in [6.07, 6.45) is 0. The van der Waals surface area contributed by atoms with Crippen LogP contribution >= 0.6 is 36.6 Å². The molecule has 2 fully saturated rings. The monoisotopic (exact) mass is 367 g/mol. The standard InChI is InChI=1S/C14H18FN3OS.2ClH/c15-11-1-3-12(4-2-11)17-5-7-18(8-6-17)14(19)13-9-20-10-16-13;;/h1-4,13,16H,5-10H2;2*1H. The number of benzene rings is 1. The molecule has 1 unspecified atom stereocenters. The lowest BCUT2D eigenvalue weighted by molar-refractivity contribution is -0.132. The lowest BCUT2D eigenvalue weighted by atomic mass is 10.2. The maximum Gasteiger partial charge on any atom is 0.240 e. The molecule has 2 aliphatic heterocycles. The van der Waals surface area contributed by atoms with Crippen molar-refractivity contribution in [1.82, 2.24) is 10.2 Å². The zero-order valence-electron chi connectivity index (χ0n) is 12.0. The average molecular weight is 368 g/mol. The van der Waals surface area contributed by atoms with Crippen molar-refractivity contribution in [3.63, 3.8) is 0 Å². The molecule has 1 N–H and O–H groups in total. The van der Waals surface area contributed by atoms with Gasteiger partial charge >= 0.3 is 0 Å². The van der Waals surface area contributed by atoms with Gasteiger partial charge in [-0.25, -0.2) is 4.39 Å². The second-order valence-corrected chi connectivity index (χ2v) is 6.09. The van der Waals surface area contributed by atoms with Gasteiger partial charge in [0.2, 0.25) is 5.91 Å². The summed E-state index contributed by atoms with van der Waals surface area (Å²) < 4.78 is 12.9. The molecule has 22 heavy (non-hydrogen) atoms. The third-order valence-electron chi connectivity index (χ3n) is 3.80. The Bertz CT molecular complexity index is 477. The fourth-order valence-corrected chi connectivity index (χ4v) is 3.54. The first-order chi connectivity index (χ1) is 9.74. The van der Waals surface area contributed by atoms with E-state index in [0.717, 1.165) is 43.5 Å². The van der Waals surface area contributed by atoms with Crippen LogP contribution in [0.4, 0.5) is 10.1 Å². The molecule has 0 spiro atoms. The zero-order valence-corrected chi connectivity index (χ0v) is 14.5. The van der Waals surface area contributed by atoms with E-state index in [-0.39, 0.29) is 42.6 Å². The number of hydrogen-bond acceptors (Lipinski definition) is 4. The van der Waals surface area contributed by atoms with E-state index in [1.54, 1.807) is 23.9 Å². The summed E-state index contributed by atoms with van der Waals surface area (Å²) in [6, 6.07) is 6.53. The highest BCUT2D eigenvalue weighted by Gasteiger charge is 2.29. The second kappa shape index (κ2) is 8.82. The van der Waals surface area contributed by atoms with E-state index in [0.29, 0.717) is 0 Å². The van der Waals surface area contributed by atoms with Gasteiger partial charge in [0.25, 0.3) is 0 Å². The van der Waals surface area contributed by atoms with Crippen molar-refractivity contribution in [3.05, 3.63) is 30.1 Å². The van der Waals surface area contributed by atoms with Crippen LogP contribution in [0.3, 0.4) is 0 Å². The number of piperazine rings is 1. The van der Waals surface area contributed by atoms with Crippen molar-refractivity contribution in [2.75, 3.05) is 42.7 Å². The van der Waals surface area contributed by atoms with Gasteiger partial charge in [-0.15, -0.1) is 36.6 Å². The third kappa shape index (κ3) is 4.41. The zero-order chi connectivity index (χ0) is 13.9. The smallest absolute Gasteiger partial charge is 0.240 e. The van der Waals surface area contributed by atoms with E-state index >= 15 is 0 Å². The average Bonchev–Trinajstić information content (AvgIpc) is 3.02. The predicted molar refractivity (Wildman–Crippen MR) is 93.9 cm³/mol. The molecule has 3 rings (SSSR count). The van der Waals surface area contributed by atoms with E-state index in [4.69, 9.17) is 0 Å². The fourth-order valence-electron chi connectivity index (χ4n) is 2.61. The Morgan fingerprint density at radius 1 is 1.14 bits per heavy atom. The van der Waals surface area contributed by atoms with Gasteiger partial charge in [-0.3, -0.25) is 10.1 Å². The first-order valence-corrected chi connectivity index (χ1v) is 8.00. The molecule has 0 saturated carbocycles. The molecule has 2 heterocycles. The normalized spacial score (nSPS) is 21.0. The quantitative estimate of drug-likeness (QED) is 0.866. The first-order valence-electron chi connectivity index (χ1n) is 6.84. The summed E-state index contributed by atoms with van der Waals surface area (Å²) in [5.41, 5.74) is 1.02. The number of rotatable bonds is 2. The molecule has 0 aromatic heterocycles. The molecule has 4 nitrogen and oxygen atoms in total. The SMILES string of the molecule is Cl.Cl.O=C(C1CSCN1)N1CCN(c2ccc(F)cc2)CC1. The lowest BCUT2D eigenvalue weighted by Gasteiger charge is -2.37.